The van der Waals surface area contributed by atoms with Crippen LogP contribution in [0.15, 0.2) is 22.8 Å². The Balaban J connectivity index is 4.18. The third-order valence-corrected chi connectivity index (χ3v) is 1.57. The predicted octanol–water partition coefficient (Wildman–Crippen LogP) is 2.03. The Morgan fingerprint density at radius 2 is 2.08 bits per heavy atom. The monoisotopic (exact) mass is 185 g/mol. The Labute approximate surface area is 78.9 Å². The van der Waals surface area contributed by atoms with E-state index in [0.717, 1.165) is 12.0 Å². The topological polar surface area (TPSA) is 43.1 Å². The predicted molar refractivity (Wildman–Crippen MR) is 54.9 cm³/mol. The van der Waals surface area contributed by atoms with Crippen molar-refractivity contribution in [2.24, 2.45) is 5.73 Å². The van der Waals surface area contributed by atoms with Crippen LogP contribution in [0.3, 0.4) is 0 Å². The van der Waals surface area contributed by atoms with E-state index < -0.39 is 0 Å². The first kappa shape index (κ1) is 11.3. The molecule has 2 nitrogen and oxygen atoms in total. The number of nitrogens with two attached hydrogens (primary N) is 1. The van der Waals surface area contributed by atoms with Crippen molar-refractivity contribution in [3.8, 4) is 0 Å². The van der Waals surface area contributed by atoms with E-state index in [0.29, 0.717) is 11.4 Å². The second-order valence-corrected chi connectivity index (χ2v) is 3.13. The molecule has 12 heavy (non-hydrogen) atoms. The van der Waals surface area contributed by atoms with Crippen LogP contribution in [0, 0.1) is 0 Å². The Bertz CT molecular complexity index is 215. The highest BCUT2D eigenvalue weighted by Crippen LogP contribution is 2.02. The summed E-state index contributed by atoms with van der Waals surface area (Å²) in [5.74, 6) is 0.170. The van der Waals surface area contributed by atoms with Crippen LogP contribution in [-0.4, -0.2) is 5.78 Å². The standard InChI is InChI=1S/C9H15NOS/c1-3-4-8(11)7(2)5-6-9(10)12/h5-6,12H,3-4,10H2,1-2H3/b7-5+,9-6-. The Morgan fingerprint density at radius 1 is 1.50 bits per heavy atom. The van der Waals surface area contributed by atoms with Crippen molar-refractivity contribution in [2.45, 2.75) is 26.7 Å². The minimum absolute atomic E-state index is 0.170. The number of carbonyl (C=O) groups is 1. The minimum Gasteiger partial charge on any atom is -0.394 e. The number of allylic oxidation sites excluding steroid dienone is 3. The highest BCUT2D eigenvalue weighted by atomic mass is 32.1. The molecule has 3 heteroatoms. The highest BCUT2D eigenvalue weighted by Gasteiger charge is 2.00. The summed E-state index contributed by atoms with van der Waals surface area (Å²) in [5.41, 5.74) is 6.01. The van der Waals surface area contributed by atoms with Crippen molar-refractivity contribution in [3.05, 3.63) is 22.8 Å². The summed E-state index contributed by atoms with van der Waals surface area (Å²) in [7, 11) is 0. The SMILES string of the molecule is CCCC(=O)/C(C)=C/C=C(/N)S. The summed E-state index contributed by atoms with van der Waals surface area (Å²) >= 11 is 3.88. The fourth-order valence-corrected chi connectivity index (χ4v) is 0.802. The van der Waals surface area contributed by atoms with Gasteiger partial charge in [0.25, 0.3) is 0 Å². The second kappa shape index (κ2) is 5.89. The van der Waals surface area contributed by atoms with Gasteiger partial charge in [0.15, 0.2) is 5.78 Å². The lowest BCUT2D eigenvalue weighted by atomic mass is 10.1. The molecule has 0 amide bonds. The third kappa shape index (κ3) is 5.02. The van der Waals surface area contributed by atoms with Crippen LogP contribution in [0.2, 0.25) is 0 Å². The van der Waals surface area contributed by atoms with Crippen molar-refractivity contribution in [1.82, 2.24) is 0 Å². The Hall–Kier alpha value is -0.700. The summed E-state index contributed by atoms with van der Waals surface area (Å²) in [6, 6.07) is 0. The van der Waals surface area contributed by atoms with Gasteiger partial charge in [0.05, 0.1) is 5.03 Å². The van der Waals surface area contributed by atoms with Gasteiger partial charge in [-0.2, -0.15) is 0 Å². The molecule has 0 bridgehead atoms. The molecular weight excluding hydrogens is 170 g/mol. The first-order valence-corrected chi connectivity index (χ1v) is 4.38. The van der Waals surface area contributed by atoms with Crippen LogP contribution in [0.4, 0.5) is 0 Å². The van der Waals surface area contributed by atoms with Gasteiger partial charge in [-0.3, -0.25) is 4.79 Å². The van der Waals surface area contributed by atoms with Gasteiger partial charge in [-0.1, -0.05) is 13.0 Å². The van der Waals surface area contributed by atoms with Crippen LogP contribution in [0.5, 0.6) is 0 Å². The molecule has 0 aliphatic rings. The lowest BCUT2D eigenvalue weighted by Gasteiger charge is -1.96. The maximum absolute atomic E-state index is 11.2. The second-order valence-electron chi connectivity index (χ2n) is 2.61. The molecule has 0 radical (unpaired) electrons. The molecule has 0 heterocycles. The Morgan fingerprint density at radius 3 is 2.50 bits per heavy atom. The zero-order valence-corrected chi connectivity index (χ0v) is 8.40. The molecule has 0 aliphatic heterocycles. The van der Waals surface area contributed by atoms with Gasteiger partial charge < -0.3 is 5.73 Å². The van der Waals surface area contributed by atoms with Crippen molar-refractivity contribution in [3.63, 3.8) is 0 Å². The maximum atomic E-state index is 11.2. The molecule has 0 spiro atoms. The molecule has 0 unspecified atom stereocenters. The lowest BCUT2D eigenvalue weighted by Crippen LogP contribution is -1.98. The molecule has 0 saturated carbocycles. The van der Waals surface area contributed by atoms with Gasteiger partial charge in [-0.25, -0.2) is 0 Å². The first-order valence-electron chi connectivity index (χ1n) is 3.94. The Kier molecular flexibility index (Phi) is 5.54. The number of ketones is 1. The van der Waals surface area contributed by atoms with E-state index in [-0.39, 0.29) is 5.78 Å². The largest absolute Gasteiger partial charge is 0.394 e. The molecule has 0 fully saturated rings. The molecule has 0 aromatic carbocycles. The zero-order chi connectivity index (χ0) is 9.56. The molecule has 68 valence electrons. The van der Waals surface area contributed by atoms with Crippen molar-refractivity contribution >= 4 is 18.4 Å². The molecule has 0 aliphatic carbocycles. The van der Waals surface area contributed by atoms with Crippen molar-refractivity contribution < 1.29 is 4.79 Å². The number of rotatable bonds is 4. The van der Waals surface area contributed by atoms with Crippen molar-refractivity contribution in [1.29, 1.82) is 0 Å². The number of carbonyl (C=O) groups excluding carboxylic acids is 1. The van der Waals surface area contributed by atoms with E-state index in [1.54, 1.807) is 19.1 Å². The van der Waals surface area contributed by atoms with Gasteiger partial charge in [0.1, 0.15) is 0 Å². The molecule has 0 saturated heterocycles. The van der Waals surface area contributed by atoms with Crippen LogP contribution in [0.1, 0.15) is 26.7 Å². The van der Waals surface area contributed by atoms with Gasteiger partial charge in [0, 0.05) is 6.42 Å². The van der Waals surface area contributed by atoms with Gasteiger partial charge in [-0.15, -0.1) is 12.6 Å². The average molecular weight is 185 g/mol. The number of Topliss-reactive ketones (excluding diaryl/α,β-unsaturated/α-hetero) is 1. The summed E-state index contributed by atoms with van der Waals surface area (Å²) in [6.07, 6.45) is 4.79. The van der Waals surface area contributed by atoms with Gasteiger partial charge in [0.2, 0.25) is 0 Å². The average Bonchev–Trinajstić information content (AvgIpc) is 2.00. The highest BCUT2D eigenvalue weighted by molar-refractivity contribution is 7.84. The summed E-state index contributed by atoms with van der Waals surface area (Å²) in [4.78, 5) is 11.2. The van der Waals surface area contributed by atoms with Crippen LogP contribution < -0.4 is 5.73 Å². The summed E-state index contributed by atoms with van der Waals surface area (Å²) in [5, 5.41) is 0.415. The summed E-state index contributed by atoms with van der Waals surface area (Å²) in [6.45, 7) is 3.76. The molecule has 0 aromatic rings. The maximum Gasteiger partial charge on any atom is 0.158 e. The first-order chi connectivity index (χ1) is 5.57. The lowest BCUT2D eigenvalue weighted by molar-refractivity contribution is -0.115. The van der Waals surface area contributed by atoms with E-state index in [9.17, 15) is 4.79 Å². The quantitative estimate of drug-likeness (QED) is 0.400. The van der Waals surface area contributed by atoms with Crippen LogP contribution in [0.25, 0.3) is 0 Å². The van der Waals surface area contributed by atoms with Crippen LogP contribution in [-0.2, 0) is 4.79 Å². The molecule has 0 atom stereocenters. The zero-order valence-electron chi connectivity index (χ0n) is 7.50. The van der Waals surface area contributed by atoms with Gasteiger partial charge in [-0.05, 0) is 25.0 Å². The van der Waals surface area contributed by atoms with E-state index in [1.165, 1.54) is 0 Å². The van der Waals surface area contributed by atoms with E-state index in [4.69, 9.17) is 5.73 Å². The normalized spacial score (nSPS) is 13.2. The molecular formula is C9H15NOS. The fourth-order valence-electron chi connectivity index (χ4n) is 0.728. The number of hydrogen-bond acceptors (Lipinski definition) is 3. The third-order valence-electron chi connectivity index (χ3n) is 1.42. The minimum atomic E-state index is 0.170. The van der Waals surface area contributed by atoms with Crippen molar-refractivity contribution in [2.75, 3.05) is 0 Å². The van der Waals surface area contributed by atoms with Crippen LogP contribution >= 0.6 is 12.6 Å². The fraction of sp³-hybridized carbons (Fsp3) is 0.444. The molecule has 2 N–H and O–H groups in total. The smallest absolute Gasteiger partial charge is 0.158 e. The number of hydrogen-bond donors (Lipinski definition) is 2. The van der Waals surface area contributed by atoms with E-state index >= 15 is 0 Å². The van der Waals surface area contributed by atoms with Gasteiger partial charge >= 0.3 is 0 Å². The summed E-state index contributed by atoms with van der Waals surface area (Å²) < 4.78 is 0. The van der Waals surface area contributed by atoms with E-state index in [2.05, 4.69) is 12.6 Å². The molecule has 0 rings (SSSR count). The van der Waals surface area contributed by atoms with E-state index in [1.807, 2.05) is 6.92 Å². The molecule has 0 aromatic heterocycles. The number of thiol groups is 1.